The number of benzene rings is 1. The highest BCUT2D eigenvalue weighted by Gasteiger charge is 2.33. The van der Waals surface area contributed by atoms with E-state index in [1.165, 1.54) is 0 Å². The van der Waals surface area contributed by atoms with E-state index in [0.29, 0.717) is 6.07 Å². The van der Waals surface area contributed by atoms with Crippen LogP contribution in [0.2, 0.25) is 0 Å². The van der Waals surface area contributed by atoms with E-state index < -0.39 is 22.4 Å². The zero-order chi connectivity index (χ0) is 13.3. The minimum atomic E-state index is -4.65. The van der Waals surface area contributed by atoms with Crippen molar-refractivity contribution in [3.05, 3.63) is 40.3 Å². The second-order valence-corrected chi connectivity index (χ2v) is 3.24. The number of hydrogen-bond donors (Lipinski definition) is 0. The van der Waals surface area contributed by atoms with Gasteiger partial charge >= 0.3 is 6.18 Å². The van der Waals surface area contributed by atoms with Crippen LogP contribution in [-0.4, -0.2) is 15.1 Å². The van der Waals surface area contributed by atoms with Crippen LogP contribution in [0.4, 0.5) is 18.9 Å². The molecular weight excluding hydrogens is 255 g/mol. The SMILES string of the molecule is O=[N+]([O-])c1cc(C(F)(F)F)ccc1-c1ncon1. The highest BCUT2D eigenvalue weighted by atomic mass is 19.4. The Balaban J connectivity index is 2.59. The second kappa shape index (κ2) is 4.09. The Morgan fingerprint density at radius 1 is 1.33 bits per heavy atom. The van der Waals surface area contributed by atoms with E-state index in [2.05, 4.69) is 14.7 Å². The van der Waals surface area contributed by atoms with Crippen molar-refractivity contribution in [1.82, 2.24) is 10.1 Å². The van der Waals surface area contributed by atoms with Crippen molar-refractivity contribution < 1.29 is 22.6 Å². The molecule has 0 radical (unpaired) electrons. The number of nitrogens with zero attached hydrogens (tertiary/aromatic N) is 3. The largest absolute Gasteiger partial charge is 0.416 e. The maximum atomic E-state index is 12.4. The number of nitro benzene ring substituents is 1. The molecule has 0 atom stereocenters. The van der Waals surface area contributed by atoms with Gasteiger partial charge < -0.3 is 4.52 Å². The molecule has 2 aromatic rings. The summed E-state index contributed by atoms with van der Waals surface area (Å²) in [5, 5.41) is 14.1. The van der Waals surface area contributed by atoms with Gasteiger partial charge in [-0.3, -0.25) is 10.1 Å². The average molecular weight is 259 g/mol. The monoisotopic (exact) mass is 259 g/mol. The summed E-state index contributed by atoms with van der Waals surface area (Å²) in [5.41, 5.74) is -1.98. The molecule has 1 aromatic carbocycles. The van der Waals surface area contributed by atoms with Gasteiger partial charge in [-0.2, -0.15) is 18.2 Å². The fourth-order valence-electron chi connectivity index (χ4n) is 1.34. The van der Waals surface area contributed by atoms with Crippen molar-refractivity contribution in [1.29, 1.82) is 0 Å². The van der Waals surface area contributed by atoms with Crippen LogP contribution in [0.1, 0.15) is 5.56 Å². The quantitative estimate of drug-likeness (QED) is 0.611. The summed E-state index contributed by atoms with van der Waals surface area (Å²) in [6.07, 6.45) is -3.72. The van der Waals surface area contributed by atoms with Crippen molar-refractivity contribution in [2.75, 3.05) is 0 Å². The molecule has 0 saturated heterocycles. The molecule has 0 spiro atoms. The molecule has 1 heterocycles. The molecule has 0 unspecified atom stereocenters. The first-order valence-electron chi connectivity index (χ1n) is 4.52. The number of alkyl halides is 3. The molecule has 0 aliphatic heterocycles. The van der Waals surface area contributed by atoms with Crippen LogP contribution in [-0.2, 0) is 6.18 Å². The number of halogens is 3. The van der Waals surface area contributed by atoms with E-state index >= 15 is 0 Å². The van der Waals surface area contributed by atoms with E-state index in [4.69, 9.17) is 0 Å². The smallest absolute Gasteiger partial charge is 0.342 e. The van der Waals surface area contributed by atoms with E-state index in [9.17, 15) is 23.3 Å². The molecule has 94 valence electrons. The predicted octanol–water partition coefficient (Wildman–Crippen LogP) is 2.66. The molecule has 18 heavy (non-hydrogen) atoms. The molecule has 0 saturated carbocycles. The van der Waals surface area contributed by atoms with Gasteiger partial charge in [0.25, 0.3) is 5.69 Å². The molecule has 2 rings (SSSR count). The van der Waals surface area contributed by atoms with Crippen LogP contribution in [0, 0.1) is 10.1 Å². The first-order chi connectivity index (χ1) is 8.39. The minimum absolute atomic E-state index is 0.137. The lowest BCUT2D eigenvalue weighted by atomic mass is 10.1. The van der Waals surface area contributed by atoms with Crippen LogP contribution in [0.3, 0.4) is 0 Å². The van der Waals surface area contributed by atoms with Crippen molar-refractivity contribution in [2.24, 2.45) is 0 Å². The molecule has 9 heteroatoms. The number of aromatic nitrogens is 2. The second-order valence-electron chi connectivity index (χ2n) is 3.24. The zero-order valence-corrected chi connectivity index (χ0v) is 8.51. The molecule has 0 amide bonds. The molecule has 6 nitrogen and oxygen atoms in total. The van der Waals surface area contributed by atoms with Crippen LogP contribution in [0.5, 0.6) is 0 Å². The van der Waals surface area contributed by atoms with E-state index in [0.717, 1.165) is 18.5 Å². The van der Waals surface area contributed by atoms with Gasteiger partial charge in [0.2, 0.25) is 12.2 Å². The highest BCUT2D eigenvalue weighted by Crippen LogP contribution is 2.35. The Labute approximate surface area is 97.2 Å². The lowest BCUT2D eigenvalue weighted by molar-refractivity contribution is -0.384. The van der Waals surface area contributed by atoms with Crippen molar-refractivity contribution in [3.63, 3.8) is 0 Å². The third-order valence-electron chi connectivity index (χ3n) is 2.12. The summed E-state index contributed by atoms with van der Waals surface area (Å²) in [6, 6.07) is 2.09. The fourth-order valence-corrected chi connectivity index (χ4v) is 1.34. The Bertz CT molecular complexity index is 580. The number of rotatable bonds is 2. The molecular formula is C9H4F3N3O3. The Morgan fingerprint density at radius 2 is 2.06 bits per heavy atom. The van der Waals surface area contributed by atoms with Crippen LogP contribution in [0.25, 0.3) is 11.4 Å². The van der Waals surface area contributed by atoms with E-state index in [-0.39, 0.29) is 11.4 Å². The lowest BCUT2D eigenvalue weighted by Gasteiger charge is -2.07. The summed E-state index contributed by atoms with van der Waals surface area (Å²) >= 11 is 0. The van der Waals surface area contributed by atoms with Crippen molar-refractivity contribution in [3.8, 4) is 11.4 Å². The summed E-state index contributed by atoms with van der Waals surface area (Å²) in [4.78, 5) is 13.4. The lowest BCUT2D eigenvalue weighted by Crippen LogP contribution is -2.06. The molecule has 0 aliphatic rings. The summed E-state index contributed by atoms with van der Waals surface area (Å²) in [7, 11) is 0. The molecule has 0 bridgehead atoms. The number of hydrogen-bond acceptors (Lipinski definition) is 5. The third-order valence-corrected chi connectivity index (χ3v) is 2.12. The first kappa shape index (κ1) is 12.0. The molecule has 0 N–H and O–H groups in total. The van der Waals surface area contributed by atoms with Gasteiger partial charge in [-0.25, -0.2) is 0 Å². The van der Waals surface area contributed by atoms with Gasteiger partial charge in [0.1, 0.15) is 5.56 Å². The van der Waals surface area contributed by atoms with Gasteiger partial charge in [0, 0.05) is 6.07 Å². The Kier molecular flexibility index (Phi) is 2.73. The van der Waals surface area contributed by atoms with Gasteiger partial charge in [0.15, 0.2) is 0 Å². The van der Waals surface area contributed by atoms with E-state index in [1.54, 1.807) is 0 Å². The zero-order valence-electron chi connectivity index (χ0n) is 8.51. The summed E-state index contributed by atoms with van der Waals surface area (Å²) in [6.45, 7) is 0. The Morgan fingerprint density at radius 3 is 2.56 bits per heavy atom. The van der Waals surface area contributed by atoms with Crippen LogP contribution in [0.15, 0.2) is 29.1 Å². The minimum Gasteiger partial charge on any atom is -0.342 e. The van der Waals surface area contributed by atoms with Crippen LogP contribution >= 0.6 is 0 Å². The van der Waals surface area contributed by atoms with Gasteiger partial charge in [0.05, 0.1) is 10.5 Å². The summed E-state index contributed by atoms with van der Waals surface area (Å²) < 4.78 is 41.7. The van der Waals surface area contributed by atoms with E-state index in [1.807, 2.05) is 0 Å². The highest BCUT2D eigenvalue weighted by molar-refractivity contribution is 5.68. The molecule has 0 fully saturated rings. The Hall–Kier alpha value is -2.45. The standard InChI is InChI=1S/C9H4F3N3O3/c10-9(11,12)5-1-2-6(7(3-5)15(16)17)8-13-4-18-14-8/h1-4H. The van der Waals surface area contributed by atoms with Crippen LogP contribution < -0.4 is 0 Å². The summed E-state index contributed by atoms with van der Waals surface area (Å²) in [5.74, 6) is -0.143. The van der Waals surface area contributed by atoms with Gasteiger partial charge in [-0.1, -0.05) is 5.16 Å². The molecule has 0 aliphatic carbocycles. The van der Waals surface area contributed by atoms with Crippen molar-refractivity contribution in [2.45, 2.75) is 6.18 Å². The topological polar surface area (TPSA) is 82.1 Å². The number of nitro groups is 1. The average Bonchev–Trinajstić information content (AvgIpc) is 2.80. The molecule has 1 aromatic heterocycles. The predicted molar refractivity (Wildman–Crippen MR) is 51.4 cm³/mol. The van der Waals surface area contributed by atoms with Gasteiger partial charge in [-0.15, -0.1) is 0 Å². The van der Waals surface area contributed by atoms with Gasteiger partial charge in [-0.05, 0) is 12.1 Å². The fraction of sp³-hybridized carbons (Fsp3) is 0.111. The maximum Gasteiger partial charge on any atom is 0.416 e. The maximum absolute atomic E-state index is 12.4. The normalized spacial score (nSPS) is 11.5. The van der Waals surface area contributed by atoms with Crippen molar-refractivity contribution >= 4 is 5.69 Å². The third kappa shape index (κ3) is 2.14. The first-order valence-corrected chi connectivity index (χ1v) is 4.52.